The lowest BCUT2D eigenvalue weighted by molar-refractivity contribution is 0.0687. The van der Waals surface area contributed by atoms with E-state index in [-0.39, 0.29) is 18.0 Å². The summed E-state index contributed by atoms with van der Waals surface area (Å²) in [5, 5.41) is 7.50. The second-order valence-corrected chi connectivity index (χ2v) is 7.72. The zero-order valence-electron chi connectivity index (χ0n) is 17.8. The van der Waals surface area contributed by atoms with Crippen LogP contribution in [0.1, 0.15) is 54.8 Å². The van der Waals surface area contributed by atoms with Gasteiger partial charge in [0.15, 0.2) is 0 Å². The van der Waals surface area contributed by atoms with E-state index in [0.717, 1.165) is 40.3 Å². The van der Waals surface area contributed by atoms with E-state index in [1.54, 1.807) is 7.11 Å². The number of ether oxygens (including phenoxy) is 2. The zero-order valence-corrected chi connectivity index (χ0v) is 17.8. The molecule has 2 aromatic carbocycles. The van der Waals surface area contributed by atoms with Crippen molar-refractivity contribution < 1.29 is 14.3 Å². The van der Waals surface area contributed by atoms with Gasteiger partial charge >= 0.3 is 0 Å². The van der Waals surface area contributed by atoms with Crippen LogP contribution in [0.25, 0.3) is 11.3 Å². The minimum Gasteiger partial charge on any atom is -0.497 e. The van der Waals surface area contributed by atoms with Crippen molar-refractivity contribution in [3.63, 3.8) is 0 Å². The fraction of sp³-hybridized carbons (Fsp3) is 0.333. The fourth-order valence-corrected chi connectivity index (χ4v) is 3.99. The molecule has 0 aliphatic carbocycles. The molecule has 3 aromatic rings. The van der Waals surface area contributed by atoms with Gasteiger partial charge in [-0.25, -0.2) is 0 Å². The van der Waals surface area contributed by atoms with Crippen LogP contribution in [0.2, 0.25) is 0 Å². The van der Waals surface area contributed by atoms with Gasteiger partial charge in [0.2, 0.25) is 0 Å². The van der Waals surface area contributed by atoms with Gasteiger partial charge in [0, 0.05) is 17.2 Å². The Bertz CT molecular complexity index is 1040. The minimum absolute atomic E-state index is 0.0304. The minimum atomic E-state index is -0.228. The van der Waals surface area contributed by atoms with E-state index in [9.17, 15) is 4.79 Å². The van der Waals surface area contributed by atoms with Crippen LogP contribution in [0.4, 0.5) is 0 Å². The number of aromatic nitrogens is 2. The quantitative estimate of drug-likeness (QED) is 0.611. The summed E-state index contributed by atoms with van der Waals surface area (Å²) in [5.74, 6) is 1.56. The Balaban J connectivity index is 1.82. The van der Waals surface area contributed by atoms with Crippen LogP contribution in [0.15, 0.2) is 48.5 Å². The molecule has 6 nitrogen and oxygen atoms in total. The summed E-state index contributed by atoms with van der Waals surface area (Å²) in [6, 6.07) is 15.6. The Morgan fingerprint density at radius 1 is 1.13 bits per heavy atom. The number of rotatable bonds is 7. The number of amides is 1. The van der Waals surface area contributed by atoms with E-state index in [1.165, 1.54) is 0 Å². The van der Waals surface area contributed by atoms with Crippen molar-refractivity contribution in [2.24, 2.45) is 0 Å². The number of nitrogens with zero attached hydrogens (tertiary/aromatic N) is 2. The molecule has 1 atom stereocenters. The maximum absolute atomic E-state index is 13.2. The average molecular weight is 405 g/mol. The highest BCUT2D eigenvalue weighted by Gasteiger charge is 2.43. The van der Waals surface area contributed by atoms with Crippen LogP contribution in [0.3, 0.4) is 0 Å². The van der Waals surface area contributed by atoms with Crippen LogP contribution in [-0.4, -0.2) is 40.8 Å². The largest absolute Gasteiger partial charge is 0.497 e. The molecule has 1 N–H and O–H groups in total. The molecule has 0 fully saturated rings. The zero-order chi connectivity index (χ0) is 21.3. The summed E-state index contributed by atoms with van der Waals surface area (Å²) in [7, 11) is 1.64. The van der Waals surface area contributed by atoms with Crippen molar-refractivity contribution in [1.82, 2.24) is 15.1 Å². The van der Waals surface area contributed by atoms with E-state index in [2.05, 4.69) is 17.1 Å². The summed E-state index contributed by atoms with van der Waals surface area (Å²) in [6.07, 6.45) is 0.942. The highest BCUT2D eigenvalue weighted by Crippen LogP contribution is 2.44. The monoisotopic (exact) mass is 405 g/mol. The summed E-state index contributed by atoms with van der Waals surface area (Å²) in [4.78, 5) is 15.1. The summed E-state index contributed by atoms with van der Waals surface area (Å²) >= 11 is 0. The van der Waals surface area contributed by atoms with Gasteiger partial charge < -0.3 is 14.4 Å². The molecule has 0 saturated heterocycles. The topological polar surface area (TPSA) is 67.5 Å². The van der Waals surface area contributed by atoms with Crippen LogP contribution < -0.4 is 9.47 Å². The number of carbonyl (C=O) groups excluding carboxylic acids is 1. The van der Waals surface area contributed by atoms with Gasteiger partial charge in [-0.05, 0) is 62.2 Å². The first-order valence-electron chi connectivity index (χ1n) is 10.3. The highest BCUT2D eigenvalue weighted by atomic mass is 16.5. The second kappa shape index (κ2) is 8.22. The summed E-state index contributed by atoms with van der Waals surface area (Å²) < 4.78 is 11.1. The predicted molar refractivity (Wildman–Crippen MR) is 116 cm³/mol. The summed E-state index contributed by atoms with van der Waals surface area (Å²) in [5.41, 5.74) is 4.20. The Labute approximate surface area is 176 Å². The molecule has 1 aliphatic heterocycles. The smallest absolute Gasteiger partial charge is 0.273 e. The molecule has 1 aromatic heterocycles. The number of H-pyrrole nitrogens is 1. The lowest BCUT2D eigenvalue weighted by Gasteiger charge is -2.30. The first kappa shape index (κ1) is 20.0. The maximum Gasteiger partial charge on any atom is 0.273 e. The van der Waals surface area contributed by atoms with Crippen LogP contribution in [-0.2, 0) is 0 Å². The number of hydrogen-bond acceptors (Lipinski definition) is 4. The van der Waals surface area contributed by atoms with E-state index >= 15 is 0 Å². The first-order chi connectivity index (χ1) is 14.5. The van der Waals surface area contributed by atoms with Crippen molar-refractivity contribution >= 4 is 5.91 Å². The third kappa shape index (κ3) is 3.43. The van der Waals surface area contributed by atoms with Gasteiger partial charge in [-0.1, -0.05) is 19.1 Å². The number of carbonyl (C=O) groups is 1. The molecule has 0 saturated carbocycles. The van der Waals surface area contributed by atoms with Crippen molar-refractivity contribution in [3.05, 3.63) is 65.4 Å². The Morgan fingerprint density at radius 3 is 2.57 bits per heavy atom. The van der Waals surface area contributed by atoms with Gasteiger partial charge in [0.1, 0.15) is 17.2 Å². The van der Waals surface area contributed by atoms with Crippen LogP contribution in [0, 0.1) is 0 Å². The molecular formula is C24H27N3O3. The van der Waals surface area contributed by atoms with E-state index in [4.69, 9.17) is 9.47 Å². The number of methoxy groups -OCH3 is 1. The Hall–Kier alpha value is -3.28. The number of fused-ring (bicyclic) bond motifs is 1. The van der Waals surface area contributed by atoms with E-state index in [1.807, 2.05) is 67.3 Å². The molecule has 6 heteroatoms. The predicted octanol–water partition coefficient (Wildman–Crippen LogP) is 4.83. The molecule has 0 radical (unpaired) electrons. The van der Waals surface area contributed by atoms with Crippen molar-refractivity contribution in [3.8, 4) is 22.8 Å². The highest BCUT2D eigenvalue weighted by molar-refractivity contribution is 6.00. The standard InChI is InChI=1S/C24H27N3O3/c1-5-13-30-19-8-6-7-17(14-19)23-20-21(16-9-11-18(29-4)12-10-16)25-26-22(20)24(28)27(23)15(2)3/h6-12,14-15,23H,5,13H2,1-4H3,(H,25,26). The summed E-state index contributed by atoms with van der Waals surface area (Å²) in [6.45, 7) is 6.82. The normalized spacial score (nSPS) is 15.6. The van der Waals surface area contributed by atoms with Gasteiger partial charge in [-0.3, -0.25) is 9.89 Å². The lowest BCUT2D eigenvalue weighted by atomic mass is 9.95. The maximum atomic E-state index is 13.2. The number of aromatic amines is 1. The van der Waals surface area contributed by atoms with Crippen LogP contribution >= 0.6 is 0 Å². The van der Waals surface area contributed by atoms with E-state index in [0.29, 0.717) is 12.3 Å². The van der Waals surface area contributed by atoms with Crippen molar-refractivity contribution in [1.29, 1.82) is 0 Å². The van der Waals surface area contributed by atoms with Gasteiger partial charge in [-0.2, -0.15) is 5.10 Å². The van der Waals surface area contributed by atoms with Gasteiger partial charge in [0.05, 0.1) is 25.5 Å². The Morgan fingerprint density at radius 2 is 1.90 bits per heavy atom. The molecule has 1 unspecified atom stereocenters. The molecule has 2 heterocycles. The van der Waals surface area contributed by atoms with Crippen LogP contribution in [0.5, 0.6) is 11.5 Å². The molecule has 156 valence electrons. The fourth-order valence-electron chi connectivity index (χ4n) is 3.99. The molecule has 4 rings (SSSR count). The number of hydrogen-bond donors (Lipinski definition) is 1. The molecule has 1 amide bonds. The molecule has 0 spiro atoms. The third-order valence-electron chi connectivity index (χ3n) is 5.37. The molecular weight excluding hydrogens is 378 g/mol. The molecule has 1 aliphatic rings. The van der Waals surface area contributed by atoms with Gasteiger partial charge in [-0.15, -0.1) is 0 Å². The van der Waals surface area contributed by atoms with E-state index < -0.39 is 0 Å². The first-order valence-corrected chi connectivity index (χ1v) is 10.3. The lowest BCUT2D eigenvalue weighted by Crippen LogP contribution is -2.35. The Kier molecular flexibility index (Phi) is 5.48. The molecule has 0 bridgehead atoms. The number of benzene rings is 2. The van der Waals surface area contributed by atoms with Gasteiger partial charge in [0.25, 0.3) is 5.91 Å². The average Bonchev–Trinajstić information content (AvgIpc) is 3.31. The third-order valence-corrected chi connectivity index (χ3v) is 5.37. The SMILES string of the molecule is CCCOc1cccc(C2c3c(-c4ccc(OC)cc4)n[nH]c3C(=O)N2C(C)C)c1. The van der Waals surface area contributed by atoms with Crippen molar-refractivity contribution in [2.45, 2.75) is 39.3 Å². The number of nitrogens with one attached hydrogen (secondary N) is 1. The molecule has 30 heavy (non-hydrogen) atoms. The second-order valence-electron chi connectivity index (χ2n) is 7.72. The van der Waals surface area contributed by atoms with Crippen molar-refractivity contribution in [2.75, 3.05) is 13.7 Å².